The smallest absolute Gasteiger partial charge is 0.334 e. The highest BCUT2D eigenvalue weighted by atomic mass is 16.5. The van der Waals surface area contributed by atoms with Gasteiger partial charge in [-0.15, -0.1) is 0 Å². The molecule has 1 N–H and O–H groups in total. The Morgan fingerprint density at radius 2 is 1.67 bits per heavy atom. The third kappa shape index (κ3) is 5.33. The lowest BCUT2D eigenvalue weighted by molar-refractivity contribution is -0.151. The Morgan fingerprint density at radius 3 is 2.06 bits per heavy atom. The third-order valence-electron chi connectivity index (χ3n) is 3.16. The maximum atomic E-state index is 11.0. The summed E-state index contributed by atoms with van der Waals surface area (Å²) in [6.07, 6.45) is -0.688. The molecule has 5 heteroatoms. The summed E-state index contributed by atoms with van der Waals surface area (Å²) < 4.78 is 5.24. The zero-order valence-electron chi connectivity index (χ0n) is 11.8. The Morgan fingerprint density at radius 1 is 1.17 bits per heavy atom. The molecule has 18 heavy (non-hydrogen) atoms. The molecular formula is C13H26N2O3. The standard InChI is InChI=1S/C13H26N2O3/c1-4-18-12(13(16)17)10-15-7-5-14(6-8-15)9-11(2)3/h11-12H,4-10H2,1-3H3,(H,16,17). The molecule has 5 nitrogen and oxygen atoms in total. The van der Waals surface area contributed by atoms with Crippen LogP contribution in [0.5, 0.6) is 0 Å². The number of carboxylic acids is 1. The van der Waals surface area contributed by atoms with E-state index in [0.29, 0.717) is 19.1 Å². The van der Waals surface area contributed by atoms with Gasteiger partial charge in [0.15, 0.2) is 6.10 Å². The Labute approximate surface area is 110 Å². The molecule has 0 saturated carbocycles. The molecule has 1 fully saturated rings. The third-order valence-corrected chi connectivity index (χ3v) is 3.16. The van der Waals surface area contributed by atoms with Crippen molar-refractivity contribution >= 4 is 5.97 Å². The molecule has 1 saturated heterocycles. The van der Waals surface area contributed by atoms with Crippen LogP contribution < -0.4 is 0 Å². The maximum Gasteiger partial charge on any atom is 0.334 e. The number of rotatable bonds is 7. The number of hydrogen-bond donors (Lipinski definition) is 1. The lowest BCUT2D eigenvalue weighted by atomic mass is 10.2. The van der Waals surface area contributed by atoms with Crippen LogP contribution in [0.15, 0.2) is 0 Å². The Balaban J connectivity index is 2.31. The second-order valence-electron chi connectivity index (χ2n) is 5.28. The zero-order valence-corrected chi connectivity index (χ0v) is 11.8. The molecule has 0 aliphatic carbocycles. The van der Waals surface area contributed by atoms with E-state index in [2.05, 4.69) is 23.6 Å². The lowest BCUT2D eigenvalue weighted by Crippen LogP contribution is -2.50. The van der Waals surface area contributed by atoms with Crippen LogP contribution in [-0.2, 0) is 9.53 Å². The van der Waals surface area contributed by atoms with Gasteiger partial charge in [-0.05, 0) is 12.8 Å². The fourth-order valence-electron chi connectivity index (χ4n) is 2.31. The normalized spacial score (nSPS) is 20.2. The van der Waals surface area contributed by atoms with Crippen LogP contribution in [0.4, 0.5) is 0 Å². The summed E-state index contributed by atoms with van der Waals surface area (Å²) in [4.78, 5) is 15.6. The molecule has 1 heterocycles. The van der Waals surface area contributed by atoms with Crippen LogP contribution >= 0.6 is 0 Å². The van der Waals surface area contributed by atoms with Crippen LogP contribution in [0, 0.1) is 5.92 Å². The fraction of sp³-hybridized carbons (Fsp3) is 0.923. The molecular weight excluding hydrogens is 232 g/mol. The van der Waals surface area contributed by atoms with Gasteiger partial charge in [0, 0.05) is 45.9 Å². The van der Waals surface area contributed by atoms with E-state index in [1.165, 1.54) is 0 Å². The van der Waals surface area contributed by atoms with Crippen molar-refractivity contribution in [3.8, 4) is 0 Å². The van der Waals surface area contributed by atoms with Crippen LogP contribution in [0.25, 0.3) is 0 Å². The molecule has 0 aromatic heterocycles. The molecule has 1 atom stereocenters. The predicted molar refractivity (Wildman–Crippen MR) is 70.8 cm³/mol. The Hall–Kier alpha value is -0.650. The van der Waals surface area contributed by atoms with E-state index in [1.54, 1.807) is 0 Å². The number of aliphatic carboxylic acids is 1. The number of nitrogens with zero attached hydrogens (tertiary/aromatic N) is 2. The average molecular weight is 258 g/mol. The highest BCUT2D eigenvalue weighted by Crippen LogP contribution is 2.07. The fourth-order valence-corrected chi connectivity index (χ4v) is 2.31. The summed E-state index contributed by atoms with van der Waals surface area (Å²) in [6.45, 7) is 12.3. The van der Waals surface area contributed by atoms with Crippen molar-refractivity contribution in [1.29, 1.82) is 0 Å². The van der Waals surface area contributed by atoms with Crippen LogP contribution in [0.1, 0.15) is 20.8 Å². The minimum atomic E-state index is -0.860. The molecule has 0 bridgehead atoms. The van der Waals surface area contributed by atoms with Crippen molar-refractivity contribution in [2.24, 2.45) is 5.92 Å². The number of piperazine rings is 1. The quantitative estimate of drug-likeness (QED) is 0.730. The molecule has 0 amide bonds. The highest BCUT2D eigenvalue weighted by Gasteiger charge is 2.24. The summed E-state index contributed by atoms with van der Waals surface area (Å²) in [5.74, 6) is -0.173. The van der Waals surface area contributed by atoms with E-state index in [-0.39, 0.29) is 0 Å². The summed E-state index contributed by atoms with van der Waals surface area (Å²) in [6, 6.07) is 0. The summed E-state index contributed by atoms with van der Waals surface area (Å²) in [7, 11) is 0. The van der Waals surface area contributed by atoms with Gasteiger partial charge in [-0.3, -0.25) is 4.90 Å². The SMILES string of the molecule is CCOC(CN1CCN(CC(C)C)CC1)C(=O)O. The molecule has 1 unspecified atom stereocenters. The first-order valence-corrected chi connectivity index (χ1v) is 6.82. The Kier molecular flexibility index (Phi) is 6.60. The molecule has 1 rings (SSSR count). The van der Waals surface area contributed by atoms with Gasteiger partial charge < -0.3 is 14.7 Å². The van der Waals surface area contributed by atoms with E-state index in [0.717, 1.165) is 32.7 Å². The van der Waals surface area contributed by atoms with Gasteiger partial charge in [-0.2, -0.15) is 0 Å². The molecule has 0 spiro atoms. The monoisotopic (exact) mass is 258 g/mol. The minimum Gasteiger partial charge on any atom is -0.479 e. The second-order valence-corrected chi connectivity index (χ2v) is 5.28. The van der Waals surface area contributed by atoms with E-state index < -0.39 is 12.1 Å². The van der Waals surface area contributed by atoms with E-state index in [9.17, 15) is 4.79 Å². The van der Waals surface area contributed by atoms with Crippen LogP contribution in [0.2, 0.25) is 0 Å². The van der Waals surface area contributed by atoms with Gasteiger partial charge in [-0.1, -0.05) is 13.8 Å². The number of carbonyl (C=O) groups is 1. The minimum absolute atomic E-state index is 0.449. The second kappa shape index (κ2) is 7.71. The topological polar surface area (TPSA) is 53.0 Å². The Bertz CT molecular complexity index is 251. The molecule has 0 aromatic carbocycles. The molecule has 1 aliphatic heterocycles. The van der Waals surface area contributed by atoms with Gasteiger partial charge in [-0.25, -0.2) is 4.79 Å². The summed E-state index contributed by atoms with van der Waals surface area (Å²) in [5, 5.41) is 9.04. The van der Waals surface area contributed by atoms with Crippen molar-refractivity contribution in [1.82, 2.24) is 9.80 Å². The van der Waals surface area contributed by atoms with E-state index >= 15 is 0 Å². The summed E-state index contributed by atoms with van der Waals surface area (Å²) >= 11 is 0. The number of carboxylic acid groups (broad SMARTS) is 1. The van der Waals surface area contributed by atoms with Crippen molar-refractivity contribution in [3.63, 3.8) is 0 Å². The van der Waals surface area contributed by atoms with Gasteiger partial charge in [0.1, 0.15) is 0 Å². The van der Waals surface area contributed by atoms with Crippen LogP contribution in [0.3, 0.4) is 0 Å². The largest absolute Gasteiger partial charge is 0.479 e. The average Bonchev–Trinajstić information content (AvgIpc) is 2.30. The first kappa shape index (κ1) is 15.4. The van der Waals surface area contributed by atoms with Crippen molar-refractivity contribution < 1.29 is 14.6 Å². The highest BCUT2D eigenvalue weighted by molar-refractivity contribution is 5.72. The zero-order chi connectivity index (χ0) is 13.5. The predicted octanol–water partition coefficient (Wildman–Crippen LogP) is 0.750. The van der Waals surface area contributed by atoms with E-state index in [1.807, 2.05) is 6.92 Å². The van der Waals surface area contributed by atoms with Crippen molar-refractivity contribution in [2.75, 3.05) is 45.9 Å². The maximum absolute atomic E-state index is 11.0. The van der Waals surface area contributed by atoms with Gasteiger partial charge in [0.25, 0.3) is 0 Å². The molecule has 1 aliphatic rings. The number of hydrogen-bond acceptors (Lipinski definition) is 4. The first-order valence-electron chi connectivity index (χ1n) is 6.82. The lowest BCUT2D eigenvalue weighted by Gasteiger charge is -2.36. The summed E-state index contributed by atoms with van der Waals surface area (Å²) in [5.41, 5.74) is 0. The molecule has 0 radical (unpaired) electrons. The van der Waals surface area contributed by atoms with E-state index in [4.69, 9.17) is 9.84 Å². The molecule has 0 aromatic rings. The van der Waals surface area contributed by atoms with Crippen molar-refractivity contribution in [2.45, 2.75) is 26.9 Å². The van der Waals surface area contributed by atoms with Crippen molar-refractivity contribution in [3.05, 3.63) is 0 Å². The van der Waals surface area contributed by atoms with Gasteiger partial charge in [0.2, 0.25) is 0 Å². The first-order chi connectivity index (χ1) is 8.52. The van der Waals surface area contributed by atoms with Gasteiger partial charge in [0.05, 0.1) is 0 Å². The van der Waals surface area contributed by atoms with Crippen LogP contribution in [-0.4, -0.2) is 72.9 Å². The molecule has 106 valence electrons. The van der Waals surface area contributed by atoms with Gasteiger partial charge >= 0.3 is 5.97 Å². The number of ether oxygens (including phenoxy) is 1.